The van der Waals surface area contributed by atoms with Gasteiger partial charge in [-0.3, -0.25) is 0 Å². The van der Waals surface area contributed by atoms with E-state index in [0.717, 1.165) is 3.57 Å². The fourth-order valence-electron chi connectivity index (χ4n) is 1.75. The average molecular weight is 336 g/mol. The zero-order chi connectivity index (χ0) is 12.0. The molecule has 1 aromatic carbocycles. The van der Waals surface area contributed by atoms with Gasteiger partial charge in [-0.15, -0.1) is 0 Å². The normalized spacial score (nSPS) is 22.4. The van der Waals surface area contributed by atoms with Crippen molar-refractivity contribution in [2.24, 2.45) is 0 Å². The Kier molecular flexibility index (Phi) is 2.27. The van der Waals surface area contributed by atoms with Crippen LogP contribution in [0.3, 0.4) is 0 Å². The maximum absolute atomic E-state index is 11.7. The first-order chi connectivity index (χ1) is 7.32. The van der Waals surface area contributed by atoms with Crippen molar-refractivity contribution in [2.75, 3.05) is 9.86 Å². The zero-order valence-corrected chi connectivity index (χ0v) is 11.5. The molecule has 0 aromatic heterocycles. The van der Waals surface area contributed by atoms with Gasteiger partial charge in [0.2, 0.25) is 0 Å². The fourth-order valence-corrected chi connectivity index (χ4v) is 8.78. The van der Waals surface area contributed by atoms with Gasteiger partial charge >= 0.3 is 95.7 Å². The van der Waals surface area contributed by atoms with E-state index in [2.05, 4.69) is 0 Å². The maximum atomic E-state index is 11.7. The van der Waals surface area contributed by atoms with Crippen molar-refractivity contribution in [3.05, 3.63) is 33.4 Å². The molecule has 0 radical (unpaired) electrons. The van der Waals surface area contributed by atoms with Crippen LogP contribution in [-0.2, 0) is 10.9 Å². The van der Waals surface area contributed by atoms with Crippen LogP contribution in [0.1, 0.15) is 17.3 Å². The first-order valence-corrected chi connectivity index (χ1v) is 11.8. The minimum atomic E-state index is -3.98. The molecule has 0 bridgehead atoms. The molecule has 1 aromatic rings. The number of carbonyl (C=O) groups excluding carboxylic acids is 2. The Balaban J connectivity index is 2.62. The molecule has 5 heteroatoms. The van der Waals surface area contributed by atoms with E-state index in [0.29, 0.717) is 5.56 Å². The fraction of sp³-hybridized carbons (Fsp3) is 0.273. The topological polar surface area (TPSA) is 52.6 Å². The van der Waals surface area contributed by atoms with Crippen LogP contribution in [-0.4, -0.2) is 21.8 Å². The van der Waals surface area contributed by atoms with Gasteiger partial charge in [-0.05, 0) is 0 Å². The number of halogens is 1. The SMILES string of the molecule is CC(=O)OI1(C)(C)OC(=O)c2ccccc21. The molecule has 0 saturated carbocycles. The van der Waals surface area contributed by atoms with Crippen molar-refractivity contribution in [2.45, 2.75) is 6.92 Å². The molecular weight excluding hydrogens is 323 g/mol. The molecule has 0 saturated heterocycles. The van der Waals surface area contributed by atoms with Crippen molar-refractivity contribution in [3.8, 4) is 0 Å². The molecule has 0 aliphatic carbocycles. The minimum absolute atomic E-state index is 0.393. The molecule has 16 heavy (non-hydrogen) atoms. The number of fused-ring (bicyclic) bond motifs is 1. The van der Waals surface area contributed by atoms with Crippen LogP contribution in [0.5, 0.6) is 0 Å². The van der Waals surface area contributed by atoms with Crippen molar-refractivity contribution in [1.82, 2.24) is 0 Å². The zero-order valence-electron chi connectivity index (χ0n) is 9.32. The second kappa shape index (κ2) is 3.19. The molecule has 1 aliphatic rings. The quantitative estimate of drug-likeness (QED) is 0.583. The van der Waals surface area contributed by atoms with Crippen molar-refractivity contribution >= 4 is 29.8 Å². The van der Waals surface area contributed by atoms with Gasteiger partial charge < -0.3 is 0 Å². The van der Waals surface area contributed by atoms with Gasteiger partial charge in [0.15, 0.2) is 0 Å². The first kappa shape index (κ1) is 11.4. The van der Waals surface area contributed by atoms with Gasteiger partial charge in [-0.25, -0.2) is 0 Å². The standard InChI is InChI=1S/C11H13IO4/c1-8(13)15-12(2,3)10-7-5-4-6-9(10)11(14)16-12/h4-7H,1-3H3. The summed E-state index contributed by atoms with van der Waals surface area (Å²) in [5.41, 5.74) is 0.517. The van der Waals surface area contributed by atoms with Crippen LogP contribution >= 0.6 is 17.9 Å². The average Bonchev–Trinajstić information content (AvgIpc) is 2.34. The summed E-state index contributed by atoms with van der Waals surface area (Å²) >= 11 is -3.98. The van der Waals surface area contributed by atoms with E-state index in [-0.39, 0.29) is 0 Å². The monoisotopic (exact) mass is 336 g/mol. The summed E-state index contributed by atoms with van der Waals surface area (Å²) in [5, 5.41) is 0. The Morgan fingerprint density at radius 2 is 1.94 bits per heavy atom. The van der Waals surface area contributed by atoms with Gasteiger partial charge in [-0.2, -0.15) is 0 Å². The second-order valence-corrected chi connectivity index (χ2v) is 15.1. The van der Waals surface area contributed by atoms with Gasteiger partial charge in [-0.1, -0.05) is 0 Å². The number of rotatable bonds is 1. The van der Waals surface area contributed by atoms with Crippen LogP contribution in [0.25, 0.3) is 0 Å². The van der Waals surface area contributed by atoms with Gasteiger partial charge in [0.25, 0.3) is 0 Å². The van der Waals surface area contributed by atoms with Crippen LogP contribution in [0.15, 0.2) is 24.3 Å². The van der Waals surface area contributed by atoms with E-state index >= 15 is 0 Å². The predicted octanol–water partition coefficient (Wildman–Crippen LogP) is 2.26. The number of hydrogen-bond acceptors (Lipinski definition) is 4. The Morgan fingerprint density at radius 3 is 2.56 bits per heavy atom. The molecule has 4 nitrogen and oxygen atoms in total. The van der Waals surface area contributed by atoms with Crippen LogP contribution in [0, 0.1) is 3.57 Å². The summed E-state index contributed by atoms with van der Waals surface area (Å²) in [6.07, 6.45) is 0. The van der Waals surface area contributed by atoms with E-state index in [4.69, 9.17) is 6.13 Å². The van der Waals surface area contributed by atoms with E-state index in [9.17, 15) is 9.59 Å². The number of carbonyl (C=O) groups is 2. The molecule has 88 valence electrons. The molecule has 0 spiro atoms. The molecule has 0 unspecified atom stereocenters. The Hall–Kier alpha value is -1.11. The van der Waals surface area contributed by atoms with E-state index in [1.807, 2.05) is 6.07 Å². The third-order valence-electron chi connectivity index (χ3n) is 2.29. The van der Waals surface area contributed by atoms with E-state index in [1.165, 1.54) is 6.92 Å². The molecular formula is C11H13IO4. The van der Waals surface area contributed by atoms with Gasteiger partial charge in [0, 0.05) is 0 Å². The summed E-state index contributed by atoms with van der Waals surface area (Å²) in [6.45, 7) is 1.33. The van der Waals surface area contributed by atoms with Gasteiger partial charge in [0.1, 0.15) is 0 Å². The van der Waals surface area contributed by atoms with E-state index < -0.39 is 29.8 Å². The second-order valence-electron chi connectivity index (χ2n) is 4.00. The molecule has 0 amide bonds. The van der Waals surface area contributed by atoms with Crippen LogP contribution in [0.4, 0.5) is 0 Å². The summed E-state index contributed by atoms with van der Waals surface area (Å²) in [5.74, 6) is -0.806. The molecule has 2 rings (SSSR count). The summed E-state index contributed by atoms with van der Waals surface area (Å²) in [4.78, 5) is 26.4. The Labute approximate surface area is 95.7 Å². The van der Waals surface area contributed by atoms with Crippen molar-refractivity contribution < 1.29 is 15.7 Å². The third kappa shape index (κ3) is 1.59. The number of hydrogen-bond donors (Lipinski definition) is 0. The van der Waals surface area contributed by atoms with Crippen molar-refractivity contribution in [3.63, 3.8) is 0 Å². The Bertz CT molecular complexity index is 487. The van der Waals surface area contributed by atoms with Crippen LogP contribution in [0.2, 0.25) is 0 Å². The first-order valence-electron chi connectivity index (χ1n) is 4.65. The number of benzene rings is 1. The van der Waals surface area contributed by atoms with Crippen molar-refractivity contribution in [1.29, 1.82) is 0 Å². The number of alkyl halides is 2. The predicted molar refractivity (Wildman–Crippen MR) is 68.2 cm³/mol. The Morgan fingerprint density at radius 1 is 1.31 bits per heavy atom. The molecule has 1 heterocycles. The summed E-state index contributed by atoms with van der Waals surface area (Å²) in [7, 11) is 0. The van der Waals surface area contributed by atoms with E-state index in [1.54, 1.807) is 28.1 Å². The third-order valence-corrected chi connectivity index (χ3v) is 10.1. The molecule has 0 N–H and O–H groups in total. The van der Waals surface area contributed by atoms with Gasteiger partial charge in [0.05, 0.1) is 0 Å². The summed E-state index contributed by atoms with van der Waals surface area (Å²) in [6, 6.07) is 7.09. The summed E-state index contributed by atoms with van der Waals surface area (Å²) < 4.78 is 11.6. The van der Waals surface area contributed by atoms with Crippen LogP contribution < -0.4 is 0 Å². The molecule has 0 atom stereocenters. The molecule has 0 fully saturated rings. The molecule has 1 aliphatic heterocycles.